The van der Waals surface area contributed by atoms with Crippen LogP contribution >= 0.6 is 31.9 Å². The lowest BCUT2D eigenvalue weighted by Gasteiger charge is -2.36. The summed E-state index contributed by atoms with van der Waals surface area (Å²) in [5.74, 6) is -0.358. The highest BCUT2D eigenvalue weighted by Gasteiger charge is 2.53. The monoisotopic (exact) mass is 347 g/mol. The normalized spacial score (nSPS) is 20.6. The molecule has 0 atom stereocenters. The van der Waals surface area contributed by atoms with Gasteiger partial charge in [0.1, 0.15) is 5.82 Å². The van der Waals surface area contributed by atoms with Crippen molar-refractivity contribution in [2.24, 2.45) is 0 Å². The maximum Gasteiger partial charge on any atom is 0.235 e. The molecule has 1 saturated carbocycles. The third kappa shape index (κ3) is 1.13. The Hall–Kier alpha value is -0.420. The molecule has 1 fully saturated rings. The number of hydrogen-bond acceptors (Lipinski definition) is 1. The number of hydrogen-bond donors (Lipinski definition) is 1. The molecule has 84 valence electrons. The van der Waals surface area contributed by atoms with Gasteiger partial charge in [-0.25, -0.2) is 4.39 Å². The van der Waals surface area contributed by atoms with Crippen LogP contribution in [0.5, 0.6) is 0 Å². The molecule has 0 bridgehead atoms. The van der Waals surface area contributed by atoms with Gasteiger partial charge in [-0.2, -0.15) is 0 Å². The van der Waals surface area contributed by atoms with Gasteiger partial charge in [0.05, 0.1) is 15.6 Å². The standard InChI is InChI=1S/C11H8Br2FNO/c12-5-4-6(14)8(13)9-7(5)11(2-1-3-11)10(16)15-9/h4H,1-3H2,(H,15,16). The number of halogens is 3. The van der Waals surface area contributed by atoms with E-state index in [1.54, 1.807) is 0 Å². The Balaban J connectivity index is 2.30. The van der Waals surface area contributed by atoms with E-state index in [-0.39, 0.29) is 11.7 Å². The Labute approximate surface area is 109 Å². The minimum Gasteiger partial charge on any atom is -0.324 e. The number of amides is 1. The van der Waals surface area contributed by atoms with Gasteiger partial charge in [0.2, 0.25) is 5.91 Å². The van der Waals surface area contributed by atoms with E-state index < -0.39 is 5.41 Å². The summed E-state index contributed by atoms with van der Waals surface area (Å²) in [7, 11) is 0. The van der Waals surface area contributed by atoms with Crippen molar-refractivity contribution in [3.8, 4) is 0 Å². The van der Waals surface area contributed by atoms with Crippen LogP contribution in [0.15, 0.2) is 15.0 Å². The molecule has 1 aliphatic heterocycles. The zero-order valence-corrected chi connectivity index (χ0v) is 11.4. The first kappa shape index (κ1) is 10.7. The predicted molar refractivity (Wildman–Crippen MR) is 66.0 cm³/mol. The van der Waals surface area contributed by atoms with Crippen LogP contribution in [-0.4, -0.2) is 5.91 Å². The summed E-state index contributed by atoms with van der Waals surface area (Å²) in [6.07, 6.45) is 2.75. The highest BCUT2D eigenvalue weighted by atomic mass is 79.9. The van der Waals surface area contributed by atoms with Crippen molar-refractivity contribution in [1.82, 2.24) is 0 Å². The second kappa shape index (κ2) is 3.29. The van der Waals surface area contributed by atoms with E-state index in [0.717, 1.165) is 24.8 Å². The smallest absolute Gasteiger partial charge is 0.235 e. The van der Waals surface area contributed by atoms with Gasteiger partial charge in [0.15, 0.2) is 0 Å². The molecule has 1 spiro atoms. The van der Waals surface area contributed by atoms with Crippen LogP contribution in [0.4, 0.5) is 10.1 Å². The van der Waals surface area contributed by atoms with Gasteiger partial charge in [0.25, 0.3) is 0 Å². The van der Waals surface area contributed by atoms with Gasteiger partial charge in [-0.05, 0) is 34.8 Å². The maximum absolute atomic E-state index is 13.5. The second-order valence-corrected chi connectivity index (χ2v) is 5.94. The van der Waals surface area contributed by atoms with E-state index >= 15 is 0 Å². The van der Waals surface area contributed by atoms with Crippen molar-refractivity contribution in [3.63, 3.8) is 0 Å². The van der Waals surface area contributed by atoms with Crippen molar-refractivity contribution in [2.45, 2.75) is 24.7 Å². The molecule has 1 aromatic rings. The Morgan fingerprint density at radius 1 is 1.38 bits per heavy atom. The molecule has 5 heteroatoms. The fourth-order valence-electron chi connectivity index (χ4n) is 2.53. The van der Waals surface area contributed by atoms with E-state index in [0.29, 0.717) is 14.6 Å². The first-order valence-electron chi connectivity index (χ1n) is 5.06. The molecule has 3 rings (SSSR count). The molecule has 16 heavy (non-hydrogen) atoms. The summed E-state index contributed by atoms with van der Waals surface area (Å²) < 4.78 is 14.5. The van der Waals surface area contributed by atoms with Crippen molar-refractivity contribution >= 4 is 43.5 Å². The Morgan fingerprint density at radius 2 is 2.06 bits per heavy atom. The number of benzene rings is 1. The fourth-order valence-corrected chi connectivity index (χ4v) is 3.73. The van der Waals surface area contributed by atoms with Crippen LogP contribution in [0.2, 0.25) is 0 Å². The molecule has 1 N–H and O–H groups in total. The molecule has 1 aromatic carbocycles. The molecule has 0 unspecified atom stereocenters. The van der Waals surface area contributed by atoms with Crippen LogP contribution in [-0.2, 0) is 10.2 Å². The highest BCUT2D eigenvalue weighted by Crippen LogP contribution is 2.55. The fraction of sp³-hybridized carbons (Fsp3) is 0.364. The average Bonchev–Trinajstić information content (AvgIpc) is 2.48. The average molecular weight is 349 g/mol. The first-order valence-corrected chi connectivity index (χ1v) is 6.64. The van der Waals surface area contributed by atoms with Gasteiger partial charge in [0, 0.05) is 10.0 Å². The lowest BCUT2D eigenvalue weighted by molar-refractivity contribution is -0.123. The SMILES string of the molecule is O=C1Nc2c(Br)c(F)cc(Br)c2C12CCC2. The molecule has 2 aliphatic rings. The highest BCUT2D eigenvalue weighted by molar-refractivity contribution is 9.11. The quantitative estimate of drug-likeness (QED) is 0.711. The number of rotatable bonds is 0. The zero-order valence-electron chi connectivity index (χ0n) is 8.24. The van der Waals surface area contributed by atoms with Gasteiger partial charge in [-0.3, -0.25) is 4.79 Å². The number of anilines is 1. The van der Waals surface area contributed by atoms with E-state index in [1.807, 2.05) is 0 Å². The molecule has 1 heterocycles. The lowest BCUT2D eigenvalue weighted by Crippen LogP contribution is -2.41. The van der Waals surface area contributed by atoms with Crippen molar-refractivity contribution in [3.05, 3.63) is 26.4 Å². The largest absolute Gasteiger partial charge is 0.324 e. The van der Waals surface area contributed by atoms with Crippen LogP contribution in [0.25, 0.3) is 0 Å². The van der Waals surface area contributed by atoms with Gasteiger partial charge in [-0.1, -0.05) is 22.4 Å². The first-order chi connectivity index (χ1) is 7.56. The van der Waals surface area contributed by atoms with E-state index in [1.165, 1.54) is 6.07 Å². The topological polar surface area (TPSA) is 29.1 Å². The Bertz CT molecular complexity index is 511. The van der Waals surface area contributed by atoms with Crippen LogP contribution < -0.4 is 5.32 Å². The summed E-state index contributed by atoms with van der Waals surface area (Å²) in [6.45, 7) is 0. The van der Waals surface area contributed by atoms with Gasteiger partial charge < -0.3 is 5.32 Å². The number of carbonyl (C=O) groups excluding carboxylic acids is 1. The number of carbonyl (C=O) groups is 1. The molecule has 0 radical (unpaired) electrons. The number of fused-ring (bicyclic) bond motifs is 2. The van der Waals surface area contributed by atoms with E-state index in [4.69, 9.17) is 0 Å². The third-order valence-electron chi connectivity index (χ3n) is 3.53. The van der Waals surface area contributed by atoms with Crippen molar-refractivity contribution in [2.75, 3.05) is 5.32 Å². The summed E-state index contributed by atoms with van der Waals surface area (Å²) in [6, 6.07) is 1.42. The summed E-state index contributed by atoms with van der Waals surface area (Å²) in [5, 5.41) is 2.78. The molecular weight excluding hydrogens is 341 g/mol. The summed E-state index contributed by atoms with van der Waals surface area (Å²) in [5.41, 5.74) is 1.10. The zero-order chi connectivity index (χ0) is 11.5. The molecule has 0 aromatic heterocycles. The minimum absolute atomic E-state index is 0.000694. The van der Waals surface area contributed by atoms with E-state index in [9.17, 15) is 9.18 Å². The predicted octanol–water partition coefficient (Wildman–Crippen LogP) is 3.72. The van der Waals surface area contributed by atoms with Crippen LogP contribution in [0.1, 0.15) is 24.8 Å². The van der Waals surface area contributed by atoms with Crippen LogP contribution in [0.3, 0.4) is 0 Å². The molecule has 1 aliphatic carbocycles. The number of nitrogens with one attached hydrogen (secondary N) is 1. The summed E-state index contributed by atoms with van der Waals surface area (Å²) in [4.78, 5) is 12.0. The molecular formula is C11H8Br2FNO. The molecule has 2 nitrogen and oxygen atoms in total. The minimum atomic E-state index is -0.412. The Morgan fingerprint density at radius 3 is 2.62 bits per heavy atom. The molecule has 0 saturated heterocycles. The van der Waals surface area contributed by atoms with Crippen molar-refractivity contribution < 1.29 is 9.18 Å². The van der Waals surface area contributed by atoms with Gasteiger partial charge >= 0.3 is 0 Å². The van der Waals surface area contributed by atoms with Gasteiger partial charge in [-0.15, -0.1) is 0 Å². The lowest BCUT2D eigenvalue weighted by atomic mass is 9.65. The Kier molecular flexibility index (Phi) is 2.20. The molecule has 1 amide bonds. The maximum atomic E-state index is 13.5. The van der Waals surface area contributed by atoms with Crippen molar-refractivity contribution in [1.29, 1.82) is 0 Å². The summed E-state index contributed by atoms with van der Waals surface area (Å²) >= 11 is 6.54. The van der Waals surface area contributed by atoms with E-state index in [2.05, 4.69) is 37.2 Å². The van der Waals surface area contributed by atoms with Crippen LogP contribution in [0, 0.1) is 5.82 Å². The second-order valence-electron chi connectivity index (χ2n) is 4.29. The third-order valence-corrected chi connectivity index (χ3v) is 4.93.